The Bertz CT molecular complexity index is 1090. The quantitative estimate of drug-likeness (QED) is 0.522. The summed E-state index contributed by atoms with van der Waals surface area (Å²) in [7, 11) is 0. The summed E-state index contributed by atoms with van der Waals surface area (Å²) in [6.45, 7) is 1.29. The molecular weight excluding hydrogens is 428 g/mol. The number of rotatable bonds is 6. The lowest BCUT2D eigenvalue weighted by Gasteiger charge is -2.25. The van der Waals surface area contributed by atoms with Crippen molar-refractivity contribution in [1.29, 1.82) is 0 Å². The number of nitrogens with zero attached hydrogens (tertiary/aromatic N) is 3. The van der Waals surface area contributed by atoms with Gasteiger partial charge in [-0.25, -0.2) is 0 Å². The number of fused-ring (bicyclic) bond motifs is 1. The highest BCUT2D eigenvalue weighted by Gasteiger charge is 2.30. The van der Waals surface area contributed by atoms with Crippen molar-refractivity contribution in [3.05, 3.63) is 78.9 Å². The third-order valence-corrected chi connectivity index (χ3v) is 6.30. The first-order valence-electron chi connectivity index (χ1n) is 10.9. The fourth-order valence-electron chi connectivity index (χ4n) is 4.54. The van der Waals surface area contributed by atoms with E-state index in [-0.39, 0.29) is 23.9 Å². The Labute approximate surface area is 189 Å². The van der Waals surface area contributed by atoms with Gasteiger partial charge in [-0.15, -0.1) is 0 Å². The lowest BCUT2D eigenvalue weighted by Crippen LogP contribution is -2.33. The van der Waals surface area contributed by atoms with E-state index >= 15 is 0 Å². The highest BCUT2D eigenvalue weighted by Crippen LogP contribution is 2.30. The van der Waals surface area contributed by atoms with Crippen LogP contribution in [0.4, 0.5) is 11.4 Å². The van der Waals surface area contributed by atoms with Crippen LogP contribution in [-0.4, -0.2) is 26.6 Å². The van der Waals surface area contributed by atoms with Crippen LogP contribution in [0.5, 0.6) is 0 Å². The molecule has 0 unspecified atom stereocenters. The third-order valence-electron chi connectivity index (χ3n) is 6.30. The van der Waals surface area contributed by atoms with Crippen LogP contribution in [0.25, 0.3) is 0 Å². The monoisotopic (exact) mass is 452 g/mol. The summed E-state index contributed by atoms with van der Waals surface area (Å²) in [5.41, 5.74) is 1.75. The molecule has 10 heteroatoms. The molecule has 2 aromatic rings. The number of hydrogen-bond acceptors (Lipinski definition) is 6. The molecule has 4 rings (SSSR count). The van der Waals surface area contributed by atoms with Gasteiger partial charge in [0, 0.05) is 37.7 Å². The SMILES string of the molecule is O=C(NCc1ccc2c(c1)CN(C(=O)C1CCCCC1)C2)c1cc([N+](=O)[O-])cc([N+](=O)[O-])c1. The molecular formula is C23H24N4O6. The van der Waals surface area contributed by atoms with Crippen LogP contribution in [0.2, 0.25) is 0 Å². The molecule has 0 radical (unpaired) electrons. The number of carbonyl (C=O) groups is 2. The van der Waals surface area contributed by atoms with Gasteiger partial charge in [0.25, 0.3) is 17.3 Å². The predicted octanol–water partition coefficient (Wildman–Crippen LogP) is 3.86. The number of amides is 2. The number of hydrogen-bond donors (Lipinski definition) is 1. The Balaban J connectivity index is 1.41. The van der Waals surface area contributed by atoms with Crippen LogP contribution in [0, 0.1) is 26.1 Å². The molecule has 33 heavy (non-hydrogen) atoms. The van der Waals surface area contributed by atoms with E-state index in [0.717, 1.165) is 60.6 Å². The number of nitrogens with one attached hydrogen (secondary N) is 1. The lowest BCUT2D eigenvalue weighted by atomic mass is 9.88. The highest BCUT2D eigenvalue weighted by atomic mass is 16.6. The summed E-state index contributed by atoms with van der Waals surface area (Å²) < 4.78 is 0. The molecule has 0 aromatic heterocycles. The molecule has 1 heterocycles. The zero-order chi connectivity index (χ0) is 23.5. The largest absolute Gasteiger partial charge is 0.348 e. The smallest absolute Gasteiger partial charge is 0.277 e. The van der Waals surface area contributed by atoms with Gasteiger partial charge in [-0.1, -0.05) is 37.5 Å². The molecule has 1 N–H and O–H groups in total. The van der Waals surface area contributed by atoms with Gasteiger partial charge in [0.15, 0.2) is 0 Å². The number of nitro groups is 2. The summed E-state index contributed by atoms with van der Waals surface area (Å²) >= 11 is 0. The molecule has 1 aliphatic carbocycles. The maximum Gasteiger partial charge on any atom is 0.277 e. The Morgan fingerprint density at radius 3 is 2.18 bits per heavy atom. The summed E-state index contributed by atoms with van der Waals surface area (Å²) in [5, 5.41) is 24.7. The van der Waals surface area contributed by atoms with Gasteiger partial charge in [0.1, 0.15) is 0 Å². The molecule has 172 valence electrons. The maximum atomic E-state index is 12.8. The fourth-order valence-corrected chi connectivity index (χ4v) is 4.54. The number of benzene rings is 2. The van der Waals surface area contributed by atoms with Gasteiger partial charge in [-0.2, -0.15) is 0 Å². The summed E-state index contributed by atoms with van der Waals surface area (Å²) in [6, 6.07) is 8.60. The van der Waals surface area contributed by atoms with Gasteiger partial charge in [0.05, 0.1) is 21.5 Å². The Morgan fingerprint density at radius 2 is 1.55 bits per heavy atom. The minimum atomic E-state index is -0.773. The minimum Gasteiger partial charge on any atom is -0.348 e. The van der Waals surface area contributed by atoms with E-state index in [1.165, 1.54) is 6.42 Å². The second-order valence-corrected chi connectivity index (χ2v) is 8.57. The summed E-state index contributed by atoms with van der Waals surface area (Å²) in [4.78, 5) is 47.8. The second kappa shape index (κ2) is 9.35. The van der Waals surface area contributed by atoms with E-state index in [0.29, 0.717) is 13.1 Å². The molecule has 1 fully saturated rings. The van der Waals surface area contributed by atoms with Crippen molar-refractivity contribution in [3.63, 3.8) is 0 Å². The van der Waals surface area contributed by atoms with Crippen LogP contribution in [0.3, 0.4) is 0 Å². The number of carbonyl (C=O) groups excluding carboxylic acids is 2. The van der Waals surface area contributed by atoms with E-state index in [2.05, 4.69) is 5.32 Å². The average molecular weight is 452 g/mol. The normalized spacial score (nSPS) is 15.7. The van der Waals surface area contributed by atoms with E-state index in [1.54, 1.807) is 0 Å². The Kier molecular flexibility index (Phi) is 6.34. The van der Waals surface area contributed by atoms with Gasteiger partial charge < -0.3 is 10.2 Å². The topological polar surface area (TPSA) is 136 Å². The Hall–Kier alpha value is -3.82. The van der Waals surface area contributed by atoms with E-state index < -0.39 is 27.1 Å². The molecule has 0 atom stereocenters. The standard InChI is InChI=1S/C23H24N4O6/c28-22(18-9-20(26(30)31)11-21(10-18)27(32)33)24-12-15-6-7-17-13-25(14-19(17)8-15)23(29)16-4-2-1-3-5-16/h6-11,16H,1-5,12-14H2,(H,24,28). The molecule has 0 bridgehead atoms. The van der Waals surface area contributed by atoms with Crippen molar-refractivity contribution in [2.45, 2.75) is 51.7 Å². The van der Waals surface area contributed by atoms with Crippen LogP contribution in [0.15, 0.2) is 36.4 Å². The minimum absolute atomic E-state index is 0.116. The number of nitro benzene ring substituents is 2. The molecule has 2 aromatic carbocycles. The van der Waals surface area contributed by atoms with Gasteiger partial charge >= 0.3 is 0 Å². The van der Waals surface area contributed by atoms with Crippen molar-refractivity contribution in [3.8, 4) is 0 Å². The van der Waals surface area contributed by atoms with Crippen LogP contribution < -0.4 is 5.32 Å². The first kappa shape index (κ1) is 22.4. The second-order valence-electron chi connectivity index (χ2n) is 8.57. The van der Waals surface area contributed by atoms with Gasteiger partial charge in [0.2, 0.25) is 5.91 Å². The molecule has 0 spiro atoms. The first-order valence-corrected chi connectivity index (χ1v) is 10.9. The molecule has 0 saturated heterocycles. The zero-order valence-electron chi connectivity index (χ0n) is 18.0. The average Bonchev–Trinajstić information content (AvgIpc) is 3.25. The Morgan fingerprint density at radius 1 is 0.909 bits per heavy atom. The van der Waals surface area contributed by atoms with Crippen LogP contribution in [0.1, 0.15) is 59.2 Å². The highest BCUT2D eigenvalue weighted by molar-refractivity contribution is 5.95. The van der Waals surface area contributed by atoms with E-state index in [1.807, 2.05) is 23.1 Å². The third kappa shape index (κ3) is 5.00. The molecule has 1 saturated carbocycles. The molecule has 1 aliphatic heterocycles. The zero-order valence-corrected chi connectivity index (χ0v) is 18.0. The van der Waals surface area contributed by atoms with E-state index in [4.69, 9.17) is 0 Å². The lowest BCUT2D eigenvalue weighted by molar-refractivity contribution is -0.394. The van der Waals surface area contributed by atoms with Crippen LogP contribution >= 0.6 is 0 Å². The van der Waals surface area contributed by atoms with Crippen molar-refractivity contribution in [2.24, 2.45) is 5.92 Å². The molecule has 2 aliphatic rings. The van der Waals surface area contributed by atoms with Crippen LogP contribution in [-0.2, 0) is 24.4 Å². The summed E-state index contributed by atoms with van der Waals surface area (Å²) in [6.07, 6.45) is 5.32. The fraction of sp³-hybridized carbons (Fsp3) is 0.391. The van der Waals surface area contributed by atoms with Crippen molar-refractivity contribution in [2.75, 3.05) is 0 Å². The molecule has 2 amide bonds. The molecule has 10 nitrogen and oxygen atoms in total. The van der Waals surface area contributed by atoms with Crippen molar-refractivity contribution >= 4 is 23.2 Å². The maximum absolute atomic E-state index is 12.8. The van der Waals surface area contributed by atoms with E-state index in [9.17, 15) is 29.8 Å². The summed E-state index contributed by atoms with van der Waals surface area (Å²) in [5.74, 6) is -0.310. The van der Waals surface area contributed by atoms with Crippen molar-refractivity contribution < 1.29 is 19.4 Å². The first-order chi connectivity index (χ1) is 15.8. The van der Waals surface area contributed by atoms with Gasteiger partial charge in [-0.3, -0.25) is 29.8 Å². The predicted molar refractivity (Wildman–Crippen MR) is 118 cm³/mol. The van der Waals surface area contributed by atoms with Gasteiger partial charge in [-0.05, 0) is 29.5 Å². The number of non-ortho nitro benzene ring substituents is 2. The van der Waals surface area contributed by atoms with Crippen molar-refractivity contribution in [1.82, 2.24) is 10.2 Å².